The number of anilines is 1. The van der Waals surface area contributed by atoms with E-state index in [9.17, 15) is 14.9 Å². The van der Waals surface area contributed by atoms with Crippen molar-refractivity contribution in [3.63, 3.8) is 0 Å². The highest BCUT2D eigenvalue weighted by molar-refractivity contribution is 5.90. The Hall–Kier alpha value is -2.71. The maximum atomic E-state index is 11.7. The van der Waals surface area contributed by atoms with Crippen molar-refractivity contribution >= 4 is 17.5 Å². The molecule has 9 heteroatoms. The molecule has 0 spiro atoms. The molecule has 9 nitrogen and oxygen atoms in total. The summed E-state index contributed by atoms with van der Waals surface area (Å²) < 4.78 is 1.20. The summed E-state index contributed by atoms with van der Waals surface area (Å²) in [5.41, 5.74) is 1.71. The third-order valence-corrected chi connectivity index (χ3v) is 2.63. The number of hydrogen-bond donors (Lipinski definition) is 2. The molecule has 0 aliphatic heterocycles. The van der Waals surface area contributed by atoms with Gasteiger partial charge in [-0.1, -0.05) is 0 Å². The highest BCUT2D eigenvalue weighted by Gasteiger charge is 2.15. The maximum Gasteiger partial charge on any atom is 0.389 e. The molecule has 0 aromatic carbocycles. The van der Waals surface area contributed by atoms with Gasteiger partial charge in [0, 0.05) is 11.3 Å². The van der Waals surface area contributed by atoms with E-state index in [4.69, 9.17) is 0 Å². The van der Waals surface area contributed by atoms with Crippen molar-refractivity contribution in [2.75, 3.05) is 5.32 Å². The number of hydrogen-bond acceptors (Lipinski definition) is 5. The van der Waals surface area contributed by atoms with E-state index >= 15 is 0 Å². The molecule has 0 atom stereocenters. The summed E-state index contributed by atoms with van der Waals surface area (Å²) in [6.45, 7) is 3.56. The molecule has 0 aliphatic rings. The van der Waals surface area contributed by atoms with Crippen molar-refractivity contribution < 1.29 is 9.72 Å². The van der Waals surface area contributed by atoms with E-state index in [1.165, 1.54) is 16.9 Å². The first-order valence-corrected chi connectivity index (χ1v) is 5.46. The first-order chi connectivity index (χ1) is 8.97. The van der Waals surface area contributed by atoms with Gasteiger partial charge in [-0.15, -0.1) is 0 Å². The summed E-state index contributed by atoms with van der Waals surface area (Å²) in [5.74, 6) is -0.198. The Bertz CT molecular complexity index is 629. The lowest BCUT2D eigenvalue weighted by molar-refractivity contribution is -0.389. The van der Waals surface area contributed by atoms with Crippen LogP contribution >= 0.6 is 0 Å². The number of aromatic amines is 1. The van der Waals surface area contributed by atoms with Crippen LogP contribution in [-0.2, 0) is 11.3 Å². The topological polar surface area (TPSA) is 119 Å². The van der Waals surface area contributed by atoms with Crippen LogP contribution in [-0.4, -0.2) is 30.8 Å². The number of H-pyrrole nitrogens is 1. The second kappa shape index (κ2) is 4.88. The number of carbonyl (C=O) groups excluding carboxylic acids is 1. The molecule has 0 radical (unpaired) electrons. The van der Waals surface area contributed by atoms with E-state index in [1.807, 2.05) is 13.8 Å². The van der Waals surface area contributed by atoms with Gasteiger partial charge in [-0.2, -0.15) is 9.78 Å². The number of aryl methyl sites for hydroxylation is 1. The van der Waals surface area contributed by atoms with Gasteiger partial charge in [-0.05, 0) is 18.8 Å². The van der Waals surface area contributed by atoms with Crippen LogP contribution in [0.3, 0.4) is 0 Å². The van der Waals surface area contributed by atoms with E-state index < -0.39 is 4.92 Å². The number of aromatic nitrogens is 4. The Morgan fingerprint density at radius 1 is 1.58 bits per heavy atom. The largest absolute Gasteiger partial charge is 0.389 e. The zero-order valence-corrected chi connectivity index (χ0v) is 10.4. The number of amides is 1. The molecule has 0 saturated heterocycles. The average Bonchev–Trinajstić information content (AvgIpc) is 2.91. The Labute approximate surface area is 107 Å². The van der Waals surface area contributed by atoms with Gasteiger partial charge in [-0.25, -0.2) is 0 Å². The maximum absolute atomic E-state index is 11.7. The minimum absolute atomic E-state index is 0.112. The van der Waals surface area contributed by atoms with Crippen molar-refractivity contribution in [1.82, 2.24) is 20.0 Å². The summed E-state index contributed by atoms with van der Waals surface area (Å²) in [5, 5.41) is 23.4. The average molecular weight is 264 g/mol. The van der Waals surface area contributed by atoms with Crippen LogP contribution in [0, 0.1) is 24.0 Å². The van der Waals surface area contributed by atoms with Crippen LogP contribution in [0.2, 0.25) is 0 Å². The fourth-order valence-electron chi connectivity index (χ4n) is 1.46. The number of carbonyl (C=O) groups is 1. The Kier molecular flexibility index (Phi) is 3.27. The highest BCUT2D eigenvalue weighted by Crippen LogP contribution is 2.13. The van der Waals surface area contributed by atoms with Gasteiger partial charge in [0.25, 0.3) is 0 Å². The van der Waals surface area contributed by atoms with Crippen molar-refractivity contribution in [2.24, 2.45) is 0 Å². The third kappa shape index (κ3) is 2.76. The van der Waals surface area contributed by atoms with Crippen molar-refractivity contribution in [2.45, 2.75) is 20.4 Å². The summed E-state index contributed by atoms with van der Waals surface area (Å²) in [6.07, 6.45) is 1.38. The van der Waals surface area contributed by atoms with E-state index in [0.717, 1.165) is 11.3 Å². The highest BCUT2D eigenvalue weighted by atomic mass is 16.6. The Morgan fingerprint density at radius 3 is 2.84 bits per heavy atom. The van der Waals surface area contributed by atoms with Gasteiger partial charge in [0.2, 0.25) is 5.91 Å². The number of nitrogens with one attached hydrogen (secondary N) is 2. The molecule has 0 saturated carbocycles. The molecule has 2 rings (SSSR count). The van der Waals surface area contributed by atoms with Gasteiger partial charge in [-0.3, -0.25) is 9.89 Å². The normalized spacial score (nSPS) is 10.4. The molecule has 2 aromatic heterocycles. The van der Waals surface area contributed by atoms with Crippen LogP contribution in [0.25, 0.3) is 0 Å². The third-order valence-electron chi connectivity index (χ3n) is 2.63. The second-order valence-corrected chi connectivity index (χ2v) is 4.00. The van der Waals surface area contributed by atoms with Crippen molar-refractivity contribution in [3.8, 4) is 0 Å². The lowest BCUT2D eigenvalue weighted by Gasteiger charge is -2.01. The molecule has 0 bridgehead atoms. The second-order valence-electron chi connectivity index (χ2n) is 4.00. The standard InChI is InChI=1S/C10H12N6O3/c1-6-7(2)12-13-10(6)11-9(17)5-15-4-3-8(14-15)16(18)19/h3-4H,5H2,1-2H3,(H2,11,12,13,17). The fraction of sp³-hybridized carbons (Fsp3) is 0.300. The van der Waals surface area contributed by atoms with Gasteiger partial charge in [0.05, 0.1) is 17.4 Å². The lowest BCUT2D eigenvalue weighted by atomic mass is 10.3. The molecule has 2 aromatic rings. The zero-order valence-electron chi connectivity index (χ0n) is 10.4. The minimum atomic E-state index is -0.615. The minimum Gasteiger partial charge on any atom is -0.358 e. The molecular formula is C10H12N6O3. The lowest BCUT2D eigenvalue weighted by Crippen LogP contribution is -2.19. The quantitative estimate of drug-likeness (QED) is 0.624. The Balaban J connectivity index is 2.01. The van der Waals surface area contributed by atoms with Crippen molar-refractivity contribution in [3.05, 3.63) is 33.6 Å². The molecule has 100 valence electrons. The molecule has 1 amide bonds. The van der Waals surface area contributed by atoms with Gasteiger partial charge in [0.15, 0.2) is 5.82 Å². The van der Waals surface area contributed by atoms with Crippen molar-refractivity contribution in [1.29, 1.82) is 0 Å². The number of nitrogens with zero attached hydrogens (tertiary/aromatic N) is 4. The van der Waals surface area contributed by atoms with Crippen LogP contribution in [0.5, 0.6) is 0 Å². The smallest absolute Gasteiger partial charge is 0.358 e. The summed E-state index contributed by atoms with van der Waals surface area (Å²) in [4.78, 5) is 21.6. The van der Waals surface area contributed by atoms with E-state index in [0.29, 0.717) is 5.82 Å². The van der Waals surface area contributed by atoms with E-state index in [2.05, 4.69) is 20.6 Å². The predicted molar refractivity (Wildman–Crippen MR) is 65.6 cm³/mol. The molecule has 0 unspecified atom stereocenters. The summed E-state index contributed by atoms with van der Waals surface area (Å²) in [6, 6.07) is 1.23. The molecular weight excluding hydrogens is 252 g/mol. The first kappa shape index (κ1) is 12.7. The van der Waals surface area contributed by atoms with Crippen LogP contribution in [0.15, 0.2) is 12.3 Å². The monoisotopic (exact) mass is 264 g/mol. The summed E-state index contributed by atoms with van der Waals surface area (Å²) >= 11 is 0. The number of rotatable bonds is 4. The molecule has 2 N–H and O–H groups in total. The van der Waals surface area contributed by atoms with Crippen LogP contribution in [0.1, 0.15) is 11.3 Å². The zero-order chi connectivity index (χ0) is 14.0. The SMILES string of the molecule is Cc1[nH]nc(NC(=O)Cn2ccc([N+](=O)[O-])n2)c1C. The predicted octanol–water partition coefficient (Wildman–Crippen LogP) is 0.770. The fourth-order valence-corrected chi connectivity index (χ4v) is 1.46. The van der Waals surface area contributed by atoms with E-state index in [-0.39, 0.29) is 18.3 Å². The van der Waals surface area contributed by atoms with E-state index in [1.54, 1.807) is 0 Å². The first-order valence-electron chi connectivity index (χ1n) is 5.46. The molecule has 2 heterocycles. The molecule has 0 fully saturated rings. The van der Waals surface area contributed by atoms with Crippen LogP contribution < -0.4 is 5.32 Å². The number of nitro groups is 1. The van der Waals surface area contributed by atoms with Gasteiger partial charge < -0.3 is 15.4 Å². The molecule has 19 heavy (non-hydrogen) atoms. The Morgan fingerprint density at radius 2 is 2.32 bits per heavy atom. The summed E-state index contributed by atoms with van der Waals surface area (Å²) in [7, 11) is 0. The van der Waals surface area contributed by atoms with Gasteiger partial charge in [0.1, 0.15) is 6.54 Å². The molecule has 0 aliphatic carbocycles. The van der Waals surface area contributed by atoms with Crippen LogP contribution in [0.4, 0.5) is 11.6 Å². The van der Waals surface area contributed by atoms with Gasteiger partial charge >= 0.3 is 5.82 Å².